The van der Waals surface area contributed by atoms with E-state index in [1.807, 2.05) is 13.8 Å². The Labute approximate surface area is 121 Å². The van der Waals surface area contributed by atoms with E-state index in [-0.39, 0.29) is 23.8 Å². The van der Waals surface area contributed by atoms with E-state index in [1.165, 1.54) is 0 Å². The third-order valence-electron chi connectivity index (χ3n) is 4.31. The number of carboxylic acid groups (broad SMARTS) is 1. The standard InChI is InChI=1S/C14H17FN2O4/c1-9(2)14(13(18)19)5-6-16(8-14)12-7-10(15)3-4-11(12)17(20)21/h3-4,7,9H,5-6,8H2,1-2H3,(H,18,19). The molecule has 0 aliphatic carbocycles. The molecule has 1 aliphatic rings. The number of rotatable bonds is 4. The number of carbonyl (C=O) groups is 1. The molecule has 0 aromatic heterocycles. The van der Waals surface area contributed by atoms with Crippen LogP contribution in [0.15, 0.2) is 18.2 Å². The van der Waals surface area contributed by atoms with Crippen molar-refractivity contribution in [1.29, 1.82) is 0 Å². The molecule has 2 rings (SSSR count). The number of nitrogens with zero attached hydrogens (tertiary/aromatic N) is 2. The Morgan fingerprint density at radius 1 is 1.52 bits per heavy atom. The van der Waals surface area contributed by atoms with Crippen molar-refractivity contribution in [3.05, 3.63) is 34.1 Å². The first-order chi connectivity index (χ1) is 9.78. The fourth-order valence-corrected chi connectivity index (χ4v) is 2.84. The highest BCUT2D eigenvalue weighted by atomic mass is 19.1. The maximum atomic E-state index is 13.4. The van der Waals surface area contributed by atoms with Gasteiger partial charge in [0.05, 0.1) is 10.3 Å². The van der Waals surface area contributed by atoms with E-state index in [1.54, 1.807) is 4.90 Å². The Bertz CT molecular complexity index is 590. The second-order valence-electron chi connectivity index (χ2n) is 5.68. The molecule has 1 aromatic carbocycles. The number of anilines is 1. The quantitative estimate of drug-likeness (QED) is 0.682. The summed E-state index contributed by atoms with van der Waals surface area (Å²) in [5.41, 5.74) is -1.02. The summed E-state index contributed by atoms with van der Waals surface area (Å²) in [5.74, 6) is -1.61. The molecule has 114 valence electrons. The number of benzene rings is 1. The average molecular weight is 296 g/mol. The van der Waals surface area contributed by atoms with Crippen molar-refractivity contribution in [3.8, 4) is 0 Å². The summed E-state index contributed by atoms with van der Waals surface area (Å²) in [6.07, 6.45) is 0.383. The van der Waals surface area contributed by atoms with E-state index < -0.39 is 22.1 Å². The first-order valence-electron chi connectivity index (χ1n) is 6.70. The zero-order valence-corrected chi connectivity index (χ0v) is 11.9. The van der Waals surface area contributed by atoms with Crippen LogP contribution in [0.3, 0.4) is 0 Å². The van der Waals surface area contributed by atoms with E-state index in [9.17, 15) is 24.4 Å². The van der Waals surface area contributed by atoms with Gasteiger partial charge in [-0.1, -0.05) is 13.8 Å². The third kappa shape index (κ3) is 2.55. The van der Waals surface area contributed by atoms with E-state index in [0.717, 1.165) is 18.2 Å². The summed E-state index contributed by atoms with van der Waals surface area (Å²) in [6, 6.07) is 3.24. The van der Waals surface area contributed by atoms with Gasteiger partial charge in [-0.15, -0.1) is 0 Å². The van der Waals surface area contributed by atoms with Gasteiger partial charge in [-0.2, -0.15) is 0 Å². The van der Waals surface area contributed by atoms with E-state index >= 15 is 0 Å². The van der Waals surface area contributed by atoms with Crippen molar-refractivity contribution < 1.29 is 19.2 Å². The number of nitro benzene ring substituents is 1. The zero-order chi connectivity index (χ0) is 15.8. The first kappa shape index (κ1) is 15.2. The van der Waals surface area contributed by atoms with E-state index in [2.05, 4.69) is 0 Å². The maximum absolute atomic E-state index is 13.4. The molecule has 1 aromatic rings. The Balaban J connectivity index is 2.40. The van der Waals surface area contributed by atoms with Crippen LogP contribution in [0.5, 0.6) is 0 Å². The SMILES string of the molecule is CC(C)C1(C(=O)O)CCN(c2cc(F)ccc2[N+](=O)[O-])C1. The topological polar surface area (TPSA) is 83.7 Å². The molecule has 21 heavy (non-hydrogen) atoms. The fraction of sp³-hybridized carbons (Fsp3) is 0.500. The van der Waals surface area contributed by atoms with Gasteiger partial charge in [-0.3, -0.25) is 14.9 Å². The van der Waals surface area contributed by atoms with Gasteiger partial charge in [-0.25, -0.2) is 4.39 Å². The lowest BCUT2D eigenvalue weighted by Crippen LogP contribution is -2.39. The second kappa shape index (κ2) is 5.31. The molecule has 1 fully saturated rings. The molecule has 6 nitrogen and oxygen atoms in total. The highest BCUT2D eigenvalue weighted by Gasteiger charge is 2.48. The molecule has 1 heterocycles. The molecule has 1 saturated heterocycles. The van der Waals surface area contributed by atoms with Crippen LogP contribution in [0.4, 0.5) is 15.8 Å². The third-order valence-corrected chi connectivity index (χ3v) is 4.31. The maximum Gasteiger partial charge on any atom is 0.311 e. The van der Waals surface area contributed by atoms with Crippen LogP contribution in [-0.4, -0.2) is 29.1 Å². The summed E-state index contributed by atoms with van der Waals surface area (Å²) < 4.78 is 13.4. The van der Waals surface area contributed by atoms with Gasteiger partial charge in [0.1, 0.15) is 11.5 Å². The van der Waals surface area contributed by atoms with Crippen LogP contribution in [0.25, 0.3) is 0 Å². The molecular formula is C14H17FN2O4. The number of hydrogen-bond donors (Lipinski definition) is 1. The normalized spacial score (nSPS) is 21.8. The molecule has 0 radical (unpaired) electrons. The molecule has 1 unspecified atom stereocenters. The van der Waals surface area contributed by atoms with Crippen molar-refractivity contribution in [1.82, 2.24) is 0 Å². The van der Waals surface area contributed by atoms with Crippen LogP contribution in [0.1, 0.15) is 20.3 Å². The smallest absolute Gasteiger partial charge is 0.311 e. The molecule has 7 heteroatoms. The largest absolute Gasteiger partial charge is 0.481 e. The first-order valence-corrected chi connectivity index (χ1v) is 6.70. The lowest BCUT2D eigenvalue weighted by Gasteiger charge is -2.29. The summed E-state index contributed by atoms with van der Waals surface area (Å²) in [5, 5.41) is 20.6. The van der Waals surface area contributed by atoms with Crippen molar-refractivity contribution >= 4 is 17.3 Å². The lowest BCUT2D eigenvalue weighted by molar-refractivity contribution is -0.384. The predicted molar refractivity (Wildman–Crippen MR) is 74.8 cm³/mol. The molecular weight excluding hydrogens is 279 g/mol. The fourth-order valence-electron chi connectivity index (χ4n) is 2.84. The molecule has 0 spiro atoms. The minimum absolute atomic E-state index is 0.118. The summed E-state index contributed by atoms with van der Waals surface area (Å²) in [6.45, 7) is 4.13. The zero-order valence-electron chi connectivity index (χ0n) is 11.9. The van der Waals surface area contributed by atoms with Gasteiger partial charge in [0, 0.05) is 25.2 Å². The number of aliphatic carboxylic acids is 1. The minimum atomic E-state index is -0.958. The van der Waals surface area contributed by atoms with Crippen molar-refractivity contribution in [2.45, 2.75) is 20.3 Å². The highest BCUT2D eigenvalue weighted by Crippen LogP contribution is 2.42. The molecule has 1 N–H and O–H groups in total. The molecule has 0 amide bonds. The van der Waals surface area contributed by atoms with Gasteiger partial charge >= 0.3 is 5.97 Å². The lowest BCUT2D eigenvalue weighted by atomic mass is 9.76. The Hall–Kier alpha value is -2.18. The summed E-state index contributed by atoms with van der Waals surface area (Å²) in [7, 11) is 0. The van der Waals surface area contributed by atoms with Gasteiger partial charge in [0.15, 0.2) is 0 Å². The Morgan fingerprint density at radius 2 is 2.19 bits per heavy atom. The van der Waals surface area contributed by atoms with Crippen LogP contribution in [-0.2, 0) is 4.79 Å². The van der Waals surface area contributed by atoms with Crippen LogP contribution in [0, 0.1) is 27.3 Å². The van der Waals surface area contributed by atoms with E-state index in [0.29, 0.717) is 13.0 Å². The predicted octanol–water partition coefficient (Wildman–Crippen LogP) is 2.67. The molecule has 0 bridgehead atoms. The van der Waals surface area contributed by atoms with Crippen LogP contribution < -0.4 is 4.90 Å². The highest BCUT2D eigenvalue weighted by molar-refractivity contribution is 5.78. The molecule has 1 atom stereocenters. The van der Waals surface area contributed by atoms with Crippen molar-refractivity contribution in [3.63, 3.8) is 0 Å². The average Bonchev–Trinajstić information content (AvgIpc) is 2.84. The Kier molecular flexibility index (Phi) is 3.85. The molecule has 0 saturated carbocycles. The number of hydrogen-bond acceptors (Lipinski definition) is 4. The van der Waals surface area contributed by atoms with Gasteiger partial charge < -0.3 is 10.0 Å². The summed E-state index contributed by atoms with van der Waals surface area (Å²) >= 11 is 0. The second-order valence-corrected chi connectivity index (χ2v) is 5.68. The van der Waals surface area contributed by atoms with Gasteiger partial charge in [0.25, 0.3) is 5.69 Å². The number of nitro groups is 1. The number of carboxylic acids is 1. The minimum Gasteiger partial charge on any atom is -0.481 e. The van der Waals surface area contributed by atoms with E-state index in [4.69, 9.17) is 0 Å². The molecule has 1 aliphatic heterocycles. The van der Waals surface area contributed by atoms with Crippen LogP contribution >= 0.6 is 0 Å². The number of halogens is 1. The van der Waals surface area contributed by atoms with Gasteiger partial charge in [0.2, 0.25) is 0 Å². The summed E-state index contributed by atoms with van der Waals surface area (Å²) in [4.78, 5) is 23.7. The van der Waals surface area contributed by atoms with Crippen LogP contribution in [0.2, 0.25) is 0 Å². The Morgan fingerprint density at radius 3 is 2.67 bits per heavy atom. The van der Waals surface area contributed by atoms with Crippen molar-refractivity contribution in [2.75, 3.05) is 18.0 Å². The van der Waals surface area contributed by atoms with Gasteiger partial charge in [-0.05, 0) is 18.4 Å². The van der Waals surface area contributed by atoms with Crippen molar-refractivity contribution in [2.24, 2.45) is 11.3 Å². The monoisotopic (exact) mass is 296 g/mol.